The lowest BCUT2D eigenvalue weighted by Gasteiger charge is -2.31. The van der Waals surface area contributed by atoms with Gasteiger partial charge in [0.05, 0.1) is 19.2 Å². The summed E-state index contributed by atoms with van der Waals surface area (Å²) in [6.07, 6.45) is 3.77. The van der Waals surface area contributed by atoms with Crippen LogP contribution in [0.3, 0.4) is 0 Å². The highest BCUT2D eigenvalue weighted by Crippen LogP contribution is 2.24. The fourth-order valence-electron chi connectivity index (χ4n) is 4.63. The van der Waals surface area contributed by atoms with Crippen molar-refractivity contribution in [3.8, 4) is 5.75 Å². The largest absolute Gasteiger partial charge is 0.481 e. The lowest BCUT2D eigenvalue weighted by Crippen LogP contribution is -2.44. The number of piperidine rings is 1. The van der Waals surface area contributed by atoms with E-state index < -0.39 is 29.5 Å². The lowest BCUT2D eigenvalue weighted by molar-refractivity contribution is -0.142. The lowest BCUT2D eigenvalue weighted by atomic mass is 10.1. The van der Waals surface area contributed by atoms with Crippen molar-refractivity contribution in [1.29, 1.82) is 0 Å². The fourth-order valence-corrected chi connectivity index (χ4v) is 4.63. The van der Waals surface area contributed by atoms with Crippen LogP contribution in [-0.4, -0.2) is 63.3 Å². The number of nitrogens with zero attached hydrogens (tertiary/aromatic N) is 5. The predicted molar refractivity (Wildman–Crippen MR) is 146 cm³/mol. The number of methoxy groups -OCH3 is 1. The molecule has 4 rings (SSSR count). The van der Waals surface area contributed by atoms with Gasteiger partial charge in [0.2, 0.25) is 5.95 Å². The van der Waals surface area contributed by atoms with E-state index in [-0.39, 0.29) is 35.1 Å². The average Bonchev–Trinajstić information content (AvgIpc) is 3.31. The van der Waals surface area contributed by atoms with Gasteiger partial charge in [-0.2, -0.15) is 4.98 Å². The highest BCUT2D eigenvalue weighted by Gasteiger charge is 2.27. The topological polar surface area (TPSA) is 144 Å². The van der Waals surface area contributed by atoms with Crippen molar-refractivity contribution in [3.05, 3.63) is 62.3 Å². The Labute approximate surface area is 225 Å². The number of nitrogens with two attached hydrogens (primary N) is 1. The molecule has 1 aliphatic heterocycles. The molecule has 2 aromatic heterocycles. The van der Waals surface area contributed by atoms with Crippen LogP contribution in [0.1, 0.15) is 37.0 Å². The Morgan fingerprint density at radius 3 is 2.62 bits per heavy atom. The Morgan fingerprint density at radius 2 is 1.92 bits per heavy atom. The number of allylic oxidation sites excluding steroid dienone is 2. The van der Waals surface area contributed by atoms with E-state index in [1.165, 1.54) is 30.9 Å². The molecule has 3 aromatic rings. The summed E-state index contributed by atoms with van der Waals surface area (Å²) in [6.45, 7) is 4.70. The summed E-state index contributed by atoms with van der Waals surface area (Å²) in [6, 6.07) is 6.31. The molecule has 1 atom stereocenters. The number of carbonyl (C=O) groups is 2. The van der Waals surface area contributed by atoms with E-state index in [0.717, 1.165) is 29.5 Å². The molecule has 1 saturated heterocycles. The molecule has 2 N–H and O–H groups in total. The number of Topliss-reactive ketones (excluding diaryl/α,β-unsaturated/α-hetero) is 1. The van der Waals surface area contributed by atoms with Gasteiger partial charge in [0.15, 0.2) is 23.6 Å². The van der Waals surface area contributed by atoms with Crippen molar-refractivity contribution in [1.82, 2.24) is 18.7 Å². The number of aromatic nitrogens is 4. The summed E-state index contributed by atoms with van der Waals surface area (Å²) in [5.74, 6) is -0.416. The maximum absolute atomic E-state index is 13.8. The predicted octanol–water partition coefficient (Wildman–Crippen LogP) is 1.23. The van der Waals surface area contributed by atoms with Crippen molar-refractivity contribution in [3.63, 3.8) is 0 Å². The van der Waals surface area contributed by atoms with Crippen molar-refractivity contribution in [2.45, 2.75) is 45.8 Å². The third kappa shape index (κ3) is 5.80. The molecular formula is C27H34N6O6. The van der Waals surface area contributed by atoms with Gasteiger partial charge < -0.3 is 24.7 Å². The van der Waals surface area contributed by atoms with E-state index in [1.54, 1.807) is 16.7 Å². The van der Waals surface area contributed by atoms with Crippen molar-refractivity contribution in [2.24, 2.45) is 12.8 Å². The number of benzene rings is 1. The standard InChI is InChI=1S/C27H34N6O6/c1-17(2)11-13-32-23-24(29-26(32)31-12-7-8-18(28)14-31)30(3)27(37)33(25(23)36)15-20(34)19-9-5-6-10-21(19)39-16-22(35)38-4/h5-6,9-11,18H,7-8,12-16,28H2,1-4H3. The Balaban J connectivity index is 1.80. The summed E-state index contributed by atoms with van der Waals surface area (Å²) in [4.78, 5) is 58.7. The van der Waals surface area contributed by atoms with Crippen LogP contribution in [-0.2, 0) is 29.7 Å². The highest BCUT2D eigenvalue weighted by molar-refractivity contribution is 5.98. The Morgan fingerprint density at radius 1 is 1.18 bits per heavy atom. The molecule has 208 valence electrons. The van der Waals surface area contributed by atoms with Gasteiger partial charge in [-0.1, -0.05) is 23.8 Å². The van der Waals surface area contributed by atoms with E-state index in [1.807, 2.05) is 24.8 Å². The summed E-state index contributed by atoms with van der Waals surface area (Å²) in [5.41, 5.74) is 6.61. The molecule has 1 aliphatic rings. The van der Waals surface area contributed by atoms with E-state index in [2.05, 4.69) is 4.74 Å². The van der Waals surface area contributed by atoms with Gasteiger partial charge in [-0.05, 0) is 38.8 Å². The van der Waals surface area contributed by atoms with Gasteiger partial charge in [-0.3, -0.25) is 18.7 Å². The van der Waals surface area contributed by atoms with Crippen LogP contribution in [0.15, 0.2) is 45.5 Å². The van der Waals surface area contributed by atoms with Gasteiger partial charge in [-0.15, -0.1) is 0 Å². The summed E-state index contributed by atoms with van der Waals surface area (Å²) < 4.78 is 14.0. The maximum atomic E-state index is 13.8. The van der Waals surface area contributed by atoms with Gasteiger partial charge in [0, 0.05) is 32.7 Å². The first-order valence-corrected chi connectivity index (χ1v) is 12.8. The minimum atomic E-state index is -0.664. The number of para-hydroxylation sites is 1. The smallest absolute Gasteiger partial charge is 0.343 e. The Bertz CT molecular complexity index is 1540. The number of ketones is 1. The van der Waals surface area contributed by atoms with Crippen LogP contribution in [0.25, 0.3) is 11.2 Å². The number of carbonyl (C=O) groups excluding carboxylic acids is 2. The van der Waals surface area contributed by atoms with Crippen LogP contribution < -0.4 is 26.6 Å². The molecule has 0 bridgehead atoms. The average molecular weight is 539 g/mol. The molecule has 0 radical (unpaired) electrons. The van der Waals surface area contributed by atoms with Crippen molar-refractivity contribution >= 4 is 28.9 Å². The summed E-state index contributed by atoms with van der Waals surface area (Å²) >= 11 is 0. The number of anilines is 1. The number of fused-ring (bicyclic) bond motifs is 1. The minimum absolute atomic E-state index is 0.0185. The first kappa shape index (κ1) is 27.8. The quantitative estimate of drug-likeness (QED) is 0.242. The molecule has 1 aromatic carbocycles. The summed E-state index contributed by atoms with van der Waals surface area (Å²) in [5, 5.41) is 0. The Hall–Kier alpha value is -4.19. The van der Waals surface area contributed by atoms with E-state index in [0.29, 0.717) is 19.0 Å². The van der Waals surface area contributed by atoms with Crippen LogP contribution >= 0.6 is 0 Å². The molecular weight excluding hydrogens is 504 g/mol. The third-order valence-electron chi connectivity index (χ3n) is 6.70. The first-order valence-electron chi connectivity index (χ1n) is 12.8. The van der Waals surface area contributed by atoms with Crippen LogP contribution in [0.5, 0.6) is 5.75 Å². The number of aryl methyl sites for hydroxylation is 1. The number of hydrogen-bond donors (Lipinski definition) is 1. The van der Waals surface area contributed by atoms with E-state index in [4.69, 9.17) is 15.5 Å². The molecule has 0 saturated carbocycles. The zero-order valence-corrected chi connectivity index (χ0v) is 22.7. The normalized spacial score (nSPS) is 15.3. The summed E-state index contributed by atoms with van der Waals surface area (Å²) in [7, 11) is 2.76. The monoisotopic (exact) mass is 538 g/mol. The molecule has 1 fully saturated rings. The van der Waals surface area contributed by atoms with Crippen molar-refractivity contribution < 1.29 is 19.1 Å². The van der Waals surface area contributed by atoms with E-state index in [9.17, 15) is 19.2 Å². The second-order valence-electron chi connectivity index (χ2n) is 9.84. The van der Waals surface area contributed by atoms with Gasteiger partial charge in [-0.25, -0.2) is 9.59 Å². The van der Waals surface area contributed by atoms with Gasteiger partial charge in [0.1, 0.15) is 5.75 Å². The molecule has 3 heterocycles. The number of imidazole rings is 1. The molecule has 39 heavy (non-hydrogen) atoms. The maximum Gasteiger partial charge on any atom is 0.343 e. The van der Waals surface area contributed by atoms with E-state index >= 15 is 0 Å². The van der Waals surface area contributed by atoms with Crippen molar-refractivity contribution in [2.75, 3.05) is 31.7 Å². The minimum Gasteiger partial charge on any atom is -0.481 e. The number of ether oxygens (including phenoxy) is 2. The number of hydrogen-bond acceptors (Lipinski definition) is 9. The molecule has 0 aliphatic carbocycles. The van der Waals surface area contributed by atoms with Crippen LogP contribution in [0.4, 0.5) is 5.95 Å². The highest BCUT2D eigenvalue weighted by atomic mass is 16.6. The zero-order valence-electron chi connectivity index (χ0n) is 22.7. The fraction of sp³-hybridized carbons (Fsp3) is 0.444. The van der Waals surface area contributed by atoms with Gasteiger partial charge in [0.25, 0.3) is 5.56 Å². The second kappa shape index (κ2) is 11.7. The first-order chi connectivity index (χ1) is 18.6. The molecule has 12 nitrogen and oxygen atoms in total. The molecule has 12 heteroatoms. The molecule has 0 spiro atoms. The number of esters is 1. The molecule has 0 amide bonds. The zero-order chi connectivity index (χ0) is 28.3. The SMILES string of the molecule is COC(=O)COc1ccccc1C(=O)Cn1c(=O)c2c(nc(N3CCCC(N)C3)n2CC=C(C)C)n(C)c1=O. The van der Waals surface area contributed by atoms with Gasteiger partial charge >= 0.3 is 11.7 Å². The second-order valence-corrected chi connectivity index (χ2v) is 9.84. The number of rotatable bonds is 9. The third-order valence-corrected chi connectivity index (χ3v) is 6.70. The van der Waals surface area contributed by atoms with Crippen LogP contribution in [0.2, 0.25) is 0 Å². The molecule has 1 unspecified atom stereocenters. The van der Waals surface area contributed by atoms with Crippen LogP contribution in [0, 0.1) is 0 Å². The Kier molecular flexibility index (Phi) is 8.34.